The second-order valence-electron chi connectivity index (χ2n) is 4.23. The molecule has 0 aliphatic carbocycles. The number of carboxylic acid groups (broad SMARTS) is 1. The zero-order valence-electron chi connectivity index (χ0n) is 11.4. The SMILES string of the molecule is CCCCCCCCCCCC(=O)O.OO[SiH2]O. The Labute approximate surface area is 112 Å². The molecule has 0 amide bonds. The van der Waals surface area contributed by atoms with E-state index in [1.165, 1.54) is 44.9 Å². The molecule has 6 heteroatoms. The third-order valence-electron chi connectivity index (χ3n) is 2.55. The Morgan fingerprint density at radius 1 is 1.00 bits per heavy atom. The summed E-state index contributed by atoms with van der Waals surface area (Å²) in [5.74, 6) is -0.659. The van der Waals surface area contributed by atoms with Gasteiger partial charge in [-0.25, -0.2) is 0 Å². The van der Waals surface area contributed by atoms with Gasteiger partial charge in [0.2, 0.25) is 0 Å². The predicted molar refractivity (Wildman–Crippen MR) is 74.0 cm³/mol. The second kappa shape index (κ2) is 18.9. The number of hydrogen-bond donors (Lipinski definition) is 3. The van der Waals surface area contributed by atoms with Gasteiger partial charge in [-0.2, -0.15) is 0 Å². The molecule has 0 radical (unpaired) electrons. The summed E-state index contributed by atoms with van der Waals surface area (Å²) in [7, 11) is -1.52. The normalized spacial score (nSPS) is 10.4. The van der Waals surface area contributed by atoms with Crippen LogP contribution in [0.1, 0.15) is 71.1 Å². The van der Waals surface area contributed by atoms with Gasteiger partial charge in [0.15, 0.2) is 0 Å². The lowest BCUT2D eigenvalue weighted by atomic mass is 10.1. The molecule has 0 rings (SSSR count). The summed E-state index contributed by atoms with van der Waals surface area (Å²) in [4.78, 5) is 17.7. The summed E-state index contributed by atoms with van der Waals surface area (Å²) in [5, 5.41) is 15.6. The Morgan fingerprint density at radius 2 is 1.39 bits per heavy atom. The summed E-state index contributed by atoms with van der Waals surface area (Å²) in [6.45, 7) is 2.23. The molecular weight excluding hydrogens is 252 g/mol. The van der Waals surface area contributed by atoms with Crippen molar-refractivity contribution in [2.24, 2.45) is 0 Å². The molecule has 0 aliphatic rings. The average Bonchev–Trinajstić information content (AvgIpc) is 2.37. The number of rotatable bonds is 11. The summed E-state index contributed by atoms with van der Waals surface area (Å²) >= 11 is 0. The van der Waals surface area contributed by atoms with E-state index in [4.69, 9.17) is 15.2 Å². The van der Waals surface area contributed by atoms with E-state index in [0.29, 0.717) is 6.42 Å². The fourth-order valence-corrected chi connectivity index (χ4v) is 1.59. The molecule has 0 bridgehead atoms. The first-order chi connectivity index (χ1) is 8.68. The van der Waals surface area contributed by atoms with Gasteiger partial charge in [-0.15, -0.1) is 0 Å². The van der Waals surface area contributed by atoms with Gasteiger partial charge in [-0.1, -0.05) is 58.3 Å². The van der Waals surface area contributed by atoms with Gasteiger partial charge in [0.1, 0.15) is 0 Å². The highest BCUT2D eigenvalue weighted by Gasteiger charge is 1.96. The van der Waals surface area contributed by atoms with Crippen LogP contribution in [0, 0.1) is 0 Å². The number of unbranched alkanes of at least 4 members (excludes halogenated alkanes) is 8. The monoisotopic (exact) mass is 280 g/mol. The van der Waals surface area contributed by atoms with E-state index >= 15 is 0 Å². The number of carbonyl (C=O) groups is 1. The van der Waals surface area contributed by atoms with Gasteiger partial charge in [0.25, 0.3) is 0 Å². The van der Waals surface area contributed by atoms with Crippen LogP contribution in [0.3, 0.4) is 0 Å². The third kappa shape index (κ3) is 24.7. The lowest BCUT2D eigenvalue weighted by Crippen LogP contribution is -1.93. The van der Waals surface area contributed by atoms with Gasteiger partial charge >= 0.3 is 16.0 Å². The summed E-state index contributed by atoms with van der Waals surface area (Å²) in [6, 6.07) is 0. The minimum atomic E-state index is -1.52. The van der Waals surface area contributed by atoms with Crippen molar-refractivity contribution in [2.45, 2.75) is 71.1 Å². The van der Waals surface area contributed by atoms with Crippen molar-refractivity contribution < 1.29 is 24.5 Å². The highest BCUT2D eigenvalue weighted by molar-refractivity contribution is 6.15. The molecule has 0 saturated heterocycles. The number of aliphatic carboxylic acids is 1. The molecular formula is C12H28O5Si. The second-order valence-corrected chi connectivity index (χ2v) is 4.75. The van der Waals surface area contributed by atoms with Crippen LogP contribution in [0.25, 0.3) is 0 Å². The van der Waals surface area contributed by atoms with Crippen LogP contribution >= 0.6 is 0 Å². The van der Waals surface area contributed by atoms with Crippen molar-refractivity contribution >= 4 is 16.0 Å². The fraction of sp³-hybridized carbons (Fsp3) is 0.917. The molecule has 0 heterocycles. The van der Waals surface area contributed by atoms with E-state index in [1.54, 1.807) is 0 Å². The molecule has 0 spiro atoms. The first-order valence-corrected chi connectivity index (χ1v) is 7.99. The largest absolute Gasteiger partial charge is 0.481 e. The van der Waals surface area contributed by atoms with Crippen molar-refractivity contribution in [3.63, 3.8) is 0 Å². The summed E-state index contributed by atoms with van der Waals surface area (Å²) < 4.78 is 3.24. The van der Waals surface area contributed by atoms with Gasteiger partial charge in [0, 0.05) is 6.42 Å². The maximum atomic E-state index is 10.2. The van der Waals surface area contributed by atoms with Crippen molar-refractivity contribution in [2.75, 3.05) is 0 Å². The maximum absolute atomic E-state index is 10.2. The van der Waals surface area contributed by atoms with Crippen LogP contribution < -0.4 is 0 Å². The van der Waals surface area contributed by atoms with Crippen LogP contribution in [0.4, 0.5) is 0 Å². The predicted octanol–water partition coefficient (Wildman–Crippen LogP) is 2.46. The highest BCUT2D eigenvalue weighted by atomic mass is 28.2. The van der Waals surface area contributed by atoms with E-state index in [9.17, 15) is 4.79 Å². The smallest absolute Gasteiger partial charge is 0.341 e. The van der Waals surface area contributed by atoms with Crippen LogP contribution in [-0.4, -0.2) is 31.1 Å². The van der Waals surface area contributed by atoms with Crippen LogP contribution in [0.2, 0.25) is 0 Å². The lowest BCUT2D eigenvalue weighted by molar-refractivity contribution is -0.148. The zero-order chi connectivity index (χ0) is 14.1. The zero-order valence-corrected chi connectivity index (χ0v) is 12.9. The molecule has 18 heavy (non-hydrogen) atoms. The van der Waals surface area contributed by atoms with Gasteiger partial charge in [-0.05, 0) is 6.42 Å². The highest BCUT2D eigenvalue weighted by Crippen LogP contribution is 2.10. The quantitative estimate of drug-likeness (QED) is 0.234. The Hall–Kier alpha value is -0.433. The first kappa shape index (κ1) is 19.9. The third-order valence-corrected chi connectivity index (χ3v) is 2.67. The standard InChI is InChI=1S/C12H24O2.H4O3Si/c1-2-3-4-5-6-7-8-9-10-11-12(13)14;1-3-4-2/h2-11H2,1H3,(H,13,14);1-2H,4H2. The fourth-order valence-electron chi connectivity index (χ4n) is 1.59. The van der Waals surface area contributed by atoms with Crippen molar-refractivity contribution in [3.05, 3.63) is 0 Å². The van der Waals surface area contributed by atoms with Crippen LogP contribution in [-0.2, 0) is 9.37 Å². The van der Waals surface area contributed by atoms with Crippen LogP contribution in [0.15, 0.2) is 0 Å². The Kier molecular flexibility index (Phi) is 20.9. The van der Waals surface area contributed by atoms with Crippen molar-refractivity contribution in [1.29, 1.82) is 0 Å². The molecule has 5 nitrogen and oxygen atoms in total. The Bertz CT molecular complexity index is 165. The van der Waals surface area contributed by atoms with Gasteiger partial charge in [0.05, 0.1) is 0 Å². The molecule has 0 fully saturated rings. The van der Waals surface area contributed by atoms with Crippen LogP contribution in [0.5, 0.6) is 0 Å². The summed E-state index contributed by atoms with van der Waals surface area (Å²) in [5.41, 5.74) is 0. The molecule has 0 unspecified atom stereocenters. The van der Waals surface area contributed by atoms with E-state index in [-0.39, 0.29) is 0 Å². The Balaban J connectivity index is 0. The average molecular weight is 280 g/mol. The molecule has 0 aromatic rings. The van der Waals surface area contributed by atoms with Crippen molar-refractivity contribution in [1.82, 2.24) is 0 Å². The topological polar surface area (TPSA) is 87.0 Å². The molecule has 0 aromatic carbocycles. The summed E-state index contributed by atoms with van der Waals surface area (Å²) in [6.07, 6.45) is 11.5. The maximum Gasteiger partial charge on any atom is 0.341 e. The molecule has 0 saturated carbocycles. The van der Waals surface area contributed by atoms with Crippen molar-refractivity contribution in [3.8, 4) is 0 Å². The van der Waals surface area contributed by atoms with Gasteiger partial charge < -0.3 is 9.90 Å². The van der Waals surface area contributed by atoms with E-state index in [0.717, 1.165) is 12.8 Å². The van der Waals surface area contributed by atoms with E-state index < -0.39 is 16.0 Å². The van der Waals surface area contributed by atoms with Gasteiger partial charge in [-0.3, -0.25) is 14.6 Å². The minimum absolute atomic E-state index is 0.343. The van der Waals surface area contributed by atoms with E-state index in [1.807, 2.05) is 0 Å². The van der Waals surface area contributed by atoms with E-state index in [2.05, 4.69) is 11.5 Å². The molecule has 0 atom stereocenters. The lowest BCUT2D eigenvalue weighted by Gasteiger charge is -2.00. The molecule has 110 valence electrons. The molecule has 3 N–H and O–H groups in total. The molecule has 0 aromatic heterocycles. The minimum Gasteiger partial charge on any atom is -0.481 e. The molecule has 0 aliphatic heterocycles. The first-order valence-electron chi connectivity index (χ1n) is 6.78. The Morgan fingerprint density at radius 3 is 1.72 bits per heavy atom. The number of hydrogen-bond acceptors (Lipinski definition) is 4. The number of carboxylic acids is 1.